The molecular formula is C22H26FNO3. The van der Waals surface area contributed by atoms with Crippen LogP contribution in [0, 0.1) is 5.82 Å². The van der Waals surface area contributed by atoms with Crippen LogP contribution in [0.5, 0.6) is 11.5 Å². The molecule has 2 aromatic rings. The topological polar surface area (TPSA) is 38.8 Å². The number of nitrogens with zero attached hydrogens (tertiary/aromatic N) is 1. The van der Waals surface area contributed by atoms with E-state index in [4.69, 9.17) is 9.47 Å². The average Bonchev–Trinajstić information content (AvgIpc) is 3.06. The summed E-state index contributed by atoms with van der Waals surface area (Å²) in [5.74, 6) is 0.984. The van der Waals surface area contributed by atoms with Crippen molar-refractivity contribution in [2.75, 3.05) is 14.2 Å². The fourth-order valence-corrected chi connectivity index (χ4v) is 3.79. The van der Waals surface area contributed by atoms with Gasteiger partial charge in [0.15, 0.2) is 0 Å². The van der Waals surface area contributed by atoms with Crippen molar-refractivity contribution in [3.8, 4) is 11.5 Å². The van der Waals surface area contributed by atoms with Gasteiger partial charge in [-0.15, -0.1) is 0 Å². The first-order chi connectivity index (χ1) is 13.0. The normalized spacial score (nSPS) is 19.2. The predicted octanol–water partition coefficient (Wildman–Crippen LogP) is 4.47. The molecule has 0 radical (unpaired) electrons. The third-order valence-electron chi connectivity index (χ3n) is 5.30. The Morgan fingerprint density at radius 3 is 2.30 bits per heavy atom. The molecule has 2 atom stereocenters. The van der Waals surface area contributed by atoms with Crippen LogP contribution >= 0.6 is 0 Å². The van der Waals surface area contributed by atoms with E-state index >= 15 is 0 Å². The van der Waals surface area contributed by atoms with Gasteiger partial charge in [-0.05, 0) is 62.4 Å². The van der Waals surface area contributed by atoms with Crippen molar-refractivity contribution in [2.45, 2.75) is 44.7 Å². The second-order valence-corrected chi connectivity index (χ2v) is 7.06. The molecule has 1 heterocycles. The van der Waals surface area contributed by atoms with Crippen LogP contribution < -0.4 is 9.47 Å². The Hall–Kier alpha value is -2.56. The van der Waals surface area contributed by atoms with E-state index in [2.05, 4.69) is 6.92 Å². The highest BCUT2D eigenvalue weighted by Crippen LogP contribution is 2.31. The highest BCUT2D eigenvalue weighted by Gasteiger charge is 2.34. The molecule has 1 aliphatic heterocycles. The van der Waals surface area contributed by atoms with Crippen molar-refractivity contribution in [2.24, 2.45) is 0 Å². The molecule has 4 nitrogen and oxygen atoms in total. The van der Waals surface area contributed by atoms with Gasteiger partial charge in [0.25, 0.3) is 5.91 Å². The smallest absolute Gasteiger partial charge is 0.254 e. The van der Waals surface area contributed by atoms with Gasteiger partial charge >= 0.3 is 0 Å². The van der Waals surface area contributed by atoms with Gasteiger partial charge in [-0.2, -0.15) is 0 Å². The molecule has 1 saturated heterocycles. The summed E-state index contributed by atoms with van der Waals surface area (Å²) in [7, 11) is 3.15. The molecule has 0 N–H and O–H groups in total. The Labute approximate surface area is 159 Å². The lowest BCUT2D eigenvalue weighted by Gasteiger charge is -2.29. The van der Waals surface area contributed by atoms with Crippen LogP contribution in [-0.4, -0.2) is 37.1 Å². The molecule has 3 rings (SSSR count). The van der Waals surface area contributed by atoms with Gasteiger partial charge in [0.2, 0.25) is 0 Å². The van der Waals surface area contributed by atoms with Crippen molar-refractivity contribution >= 4 is 5.91 Å². The van der Waals surface area contributed by atoms with Crippen LogP contribution in [0.2, 0.25) is 0 Å². The van der Waals surface area contributed by atoms with Crippen molar-refractivity contribution in [3.63, 3.8) is 0 Å². The number of rotatable bonds is 6. The van der Waals surface area contributed by atoms with E-state index in [1.807, 2.05) is 17.0 Å². The van der Waals surface area contributed by atoms with Gasteiger partial charge in [-0.1, -0.05) is 12.1 Å². The molecule has 1 fully saturated rings. The number of methoxy groups -OCH3 is 2. The van der Waals surface area contributed by atoms with Crippen LogP contribution in [-0.2, 0) is 6.42 Å². The minimum Gasteiger partial charge on any atom is -0.497 e. The molecule has 2 aromatic carbocycles. The number of aryl methyl sites for hydroxylation is 1. The molecule has 0 aromatic heterocycles. The summed E-state index contributed by atoms with van der Waals surface area (Å²) in [5, 5.41) is 0. The fourth-order valence-electron chi connectivity index (χ4n) is 3.79. The minimum atomic E-state index is -0.225. The molecule has 27 heavy (non-hydrogen) atoms. The summed E-state index contributed by atoms with van der Waals surface area (Å²) in [6.45, 7) is 2.09. The van der Waals surface area contributed by atoms with E-state index in [9.17, 15) is 9.18 Å². The lowest BCUT2D eigenvalue weighted by atomic mass is 10.0. The van der Waals surface area contributed by atoms with Gasteiger partial charge < -0.3 is 14.4 Å². The molecule has 5 heteroatoms. The molecule has 1 aliphatic rings. The number of carbonyl (C=O) groups is 1. The Morgan fingerprint density at radius 2 is 1.70 bits per heavy atom. The molecule has 0 bridgehead atoms. The van der Waals surface area contributed by atoms with Gasteiger partial charge in [-0.25, -0.2) is 4.39 Å². The summed E-state index contributed by atoms with van der Waals surface area (Å²) >= 11 is 0. The second kappa shape index (κ2) is 8.42. The zero-order chi connectivity index (χ0) is 19.4. The summed E-state index contributed by atoms with van der Waals surface area (Å²) in [6.07, 6.45) is 3.65. The van der Waals surface area contributed by atoms with Gasteiger partial charge in [0.05, 0.1) is 14.2 Å². The van der Waals surface area contributed by atoms with Crippen molar-refractivity contribution in [3.05, 3.63) is 59.4 Å². The van der Waals surface area contributed by atoms with E-state index in [0.29, 0.717) is 17.1 Å². The summed E-state index contributed by atoms with van der Waals surface area (Å²) in [5.41, 5.74) is 1.66. The maximum absolute atomic E-state index is 13.2. The van der Waals surface area contributed by atoms with Crippen LogP contribution in [0.3, 0.4) is 0 Å². The summed E-state index contributed by atoms with van der Waals surface area (Å²) in [6, 6.07) is 12.2. The zero-order valence-electron chi connectivity index (χ0n) is 16.1. The van der Waals surface area contributed by atoms with E-state index < -0.39 is 0 Å². The quantitative estimate of drug-likeness (QED) is 0.752. The Bertz CT molecular complexity index is 768. The number of ether oxygens (including phenoxy) is 2. The first-order valence-corrected chi connectivity index (χ1v) is 9.32. The molecule has 0 aliphatic carbocycles. The first-order valence-electron chi connectivity index (χ1n) is 9.32. The molecule has 144 valence electrons. The molecule has 0 saturated carbocycles. The standard InChI is InChI=1S/C22H26FNO3/c1-15-4-10-19(11-7-16-5-8-18(23)9-6-16)24(15)22(25)17-12-20(26-2)14-21(13-17)27-3/h5-6,8-9,12-15,19H,4,7,10-11H2,1-3H3/t15-,19-/m1/s1. The monoisotopic (exact) mass is 371 g/mol. The highest BCUT2D eigenvalue weighted by molar-refractivity contribution is 5.95. The second-order valence-electron chi connectivity index (χ2n) is 7.06. The number of hydrogen-bond donors (Lipinski definition) is 0. The number of likely N-dealkylation sites (tertiary alicyclic amines) is 1. The first kappa shape index (κ1) is 19.2. The predicted molar refractivity (Wildman–Crippen MR) is 103 cm³/mol. The maximum Gasteiger partial charge on any atom is 0.254 e. The van der Waals surface area contributed by atoms with E-state index in [1.165, 1.54) is 12.1 Å². The lowest BCUT2D eigenvalue weighted by molar-refractivity contribution is 0.0672. The summed E-state index contributed by atoms with van der Waals surface area (Å²) < 4.78 is 23.7. The molecule has 1 amide bonds. The lowest BCUT2D eigenvalue weighted by Crippen LogP contribution is -2.40. The molecule has 0 unspecified atom stereocenters. The van der Waals surface area contributed by atoms with Crippen LogP contribution in [0.15, 0.2) is 42.5 Å². The number of amides is 1. The molecule has 0 spiro atoms. The fraction of sp³-hybridized carbons (Fsp3) is 0.409. The number of carbonyl (C=O) groups excluding carboxylic acids is 1. The number of benzene rings is 2. The summed E-state index contributed by atoms with van der Waals surface area (Å²) in [4.78, 5) is 15.2. The van der Waals surface area contributed by atoms with E-state index in [-0.39, 0.29) is 23.8 Å². The van der Waals surface area contributed by atoms with Crippen LogP contribution in [0.25, 0.3) is 0 Å². The SMILES string of the molecule is COc1cc(OC)cc(C(=O)N2[C@@H](CCc3ccc(F)cc3)CC[C@H]2C)c1. The van der Waals surface area contributed by atoms with Crippen molar-refractivity contribution < 1.29 is 18.7 Å². The van der Waals surface area contributed by atoms with Gasteiger partial charge in [-0.3, -0.25) is 4.79 Å². The van der Waals surface area contributed by atoms with Crippen LogP contribution in [0.4, 0.5) is 4.39 Å². The third kappa shape index (κ3) is 4.41. The average molecular weight is 371 g/mol. The largest absolute Gasteiger partial charge is 0.497 e. The zero-order valence-corrected chi connectivity index (χ0v) is 16.1. The highest BCUT2D eigenvalue weighted by atomic mass is 19.1. The maximum atomic E-state index is 13.2. The van der Waals surface area contributed by atoms with Crippen molar-refractivity contribution in [1.82, 2.24) is 4.90 Å². The molecular weight excluding hydrogens is 345 g/mol. The van der Waals surface area contributed by atoms with Crippen LogP contribution in [0.1, 0.15) is 42.1 Å². The Balaban J connectivity index is 1.76. The van der Waals surface area contributed by atoms with E-state index in [1.54, 1.807) is 32.4 Å². The Morgan fingerprint density at radius 1 is 1.07 bits per heavy atom. The van der Waals surface area contributed by atoms with Gasteiger partial charge in [0.1, 0.15) is 17.3 Å². The number of halogens is 1. The van der Waals surface area contributed by atoms with Gasteiger partial charge in [0, 0.05) is 23.7 Å². The Kier molecular flexibility index (Phi) is 5.99. The van der Waals surface area contributed by atoms with Crippen molar-refractivity contribution in [1.29, 1.82) is 0 Å². The third-order valence-corrected chi connectivity index (χ3v) is 5.30. The number of hydrogen-bond acceptors (Lipinski definition) is 3. The minimum absolute atomic E-state index is 0.00121. The van der Waals surface area contributed by atoms with E-state index in [0.717, 1.165) is 31.2 Å².